The minimum atomic E-state index is -0.208. The molecule has 0 fully saturated rings. The molecule has 0 radical (unpaired) electrons. The second-order valence-electron chi connectivity index (χ2n) is 6.48. The molecular formula is C19H21FN4S. The topological polar surface area (TPSA) is 34.0 Å². The first kappa shape index (κ1) is 16.4. The third-order valence-corrected chi connectivity index (χ3v) is 5.81. The van der Waals surface area contributed by atoms with E-state index in [1.54, 1.807) is 23.5 Å². The average molecular weight is 356 g/mol. The Morgan fingerprint density at radius 3 is 2.80 bits per heavy atom. The average Bonchev–Trinajstić information content (AvgIpc) is 3.22. The molecule has 0 unspecified atom stereocenters. The van der Waals surface area contributed by atoms with Crippen molar-refractivity contribution in [2.75, 3.05) is 13.1 Å². The van der Waals surface area contributed by atoms with Crippen molar-refractivity contribution in [1.82, 2.24) is 19.4 Å². The Hall–Kier alpha value is -2.05. The zero-order valence-electron chi connectivity index (χ0n) is 14.3. The first-order valence-corrected chi connectivity index (χ1v) is 9.51. The van der Waals surface area contributed by atoms with Gasteiger partial charge in [0.25, 0.3) is 0 Å². The molecule has 1 aliphatic heterocycles. The summed E-state index contributed by atoms with van der Waals surface area (Å²) in [5.41, 5.74) is 6.47. The van der Waals surface area contributed by atoms with Crippen LogP contribution in [0.25, 0.3) is 5.69 Å². The molecule has 25 heavy (non-hydrogen) atoms. The van der Waals surface area contributed by atoms with Gasteiger partial charge in [-0.15, -0.1) is 11.3 Å². The van der Waals surface area contributed by atoms with Crippen LogP contribution in [0.1, 0.15) is 28.4 Å². The van der Waals surface area contributed by atoms with Crippen LogP contribution in [-0.4, -0.2) is 32.5 Å². The van der Waals surface area contributed by atoms with E-state index in [1.165, 1.54) is 28.4 Å². The van der Waals surface area contributed by atoms with Gasteiger partial charge in [-0.1, -0.05) is 0 Å². The summed E-state index contributed by atoms with van der Waals surface area (Å²) < 4.78 is 15.2. The van der Waals surface area contributed by atoms with E-state index in [-0.39, 0.29) is 5.82 Å². The van der Waals surface area contributed by atoms with E-state index in [9.17, 15) is 4.39 Å². The monoisotopic (exact) mass is 356 g/mol. The highest BCUT2D eigenvalue weighted by molar-refractivity contribution is 7.09. The molecule has 3 heterocycles. The molecule has 3 aromatic rings. The molecule has 2 aromatic heterocycles. The molecule has 4 nitrogen and oxygen atoms in total. The zero-order chi connectivity index (χ0) is 17.2. The summed E-state index contributed by atoms with van der Waals surface area (Å²) in [6.07, 6.45) is 5.09. The van der Waals surface area contributed by atoms with Crippen LogP contribution < -0.4 is 0 Å². The molecule has 0 N–H and O–H groups in total. The molecule has 1 aliphatic rings. The third-order valence-electron chi connectivity index (χ3n) is 4.82. The van der Waals surface area contributed by atoms with Crippen molar-refractivity contribution in [3.05, 3.63) is 63.9 Å². The van der Waals surface area contributed by atoms with E-state index >= 15 is 0 Å². The van der Waals surface area contributed by atoms with Crippen LogP contribution in [0.15, 0.2) is 36.1 Å². The van der Waals surface area contributed by atoms with Gasteiger partial charge in [-0.2, -0.15) is 0 Å². The van der Waals surface area contributed by atoms with Gasteiger partial charge in [0.2, 0.25) is 0 Å². The van der Waals surface area contributed by atoms with Crippen LogP contribution in [-0.2, 0) is 19.4 Å². The minimum Gasteiger partial charge on any atom is -0.303 e. The van der Waals surface area contributed by atoms with Gasteiger partial charge >= 0.3 is 0 Å². The fraction of sp³-hybridized carbons (Fsp3) is 0.368. The van der Waals surface area contributed by atoms with Gasteiger partial charge in [-0.05, 0) is 50.6 Å². The van der Waals surface area contributed by atoms with Gasteiger partial charge in [0.05, 0.1) is 23.2 Å². The summed E-state index contributed by atoms with van der Waals surface area (Å²) >= 11 is 1.75. The molecule has 130 valence electrons. The molecular weight excluding hydrogens is 335 g/mol. The van der Waals surface area contributed by atoms with E-state index in [4.69, 9.17) is 0 Å². The first-order chi connectivity index (χ1) is 12.2. The van der Waals surface area contributed by atoms with E-state index in [1.807, 2.05) is 11.8 Å². The highest BCUT2D eigenvalue weighted by Crippen LogP contribution is 2.22. The van der Waals surface area contributed by atoms with E-state index in [0.717, 1.165) is 50.3 Å². The molecule has 0 bridgehead atoms. The van der Waals surface area contributed by atoms with Crippen molar-refractivity contribution in [2.45, 2.75) is 32.7 Å². The van der Waals surface area contributed by atoms with Crippen LogP contribution in [0.5, 0.6) is 0 Å². The Kier molecular flexibility index (Phi) is 4.63. The molecule has 6 heteroatoms. The van der Waals surface area contributed by atoms with Crippen molar-refractivity contribution in [2.24, 2.45) is 0 Å². The molecule has 1 aromatic carbocycles. The number of hydrogen-bond donors (Lipinski definition) is 0. The van der Waals surface area contributed by atoms with Gasteiger partial charge in [-0.3, -0.25) is 4.90 Å². The molecule has 0 saturated carbocycles. The molecule has 0 amide bonds. The van der Waals surface area contributed by atoms with Crippen LogP contribution in [0.4, 0.5) is 4.39 Å². The van der Waals surface area contributed by atoms with Gasteiger partial charge in [0.1, 0.15) is 5.82 Å². The summed E-state index contributed by atoms with van der Waals surface area (Å²) in [7, 11) is 0. The summed E-state index contributed by atoms with van der Waals surface area (Å²) in [6.45, 7) is 5.11. The molecule has 0 atom stereocenters. The lowest BCUT2D eigenvalue weighted by atomic mass is 10.1. The number of imidazole rings is 1. The van der Waals surface area contributed by atoms with E-state index in [2.05, 4.69) is 26.4 Å². The van der Waals surface area contributed by atoms with E-state index in [0.29, 0.717) is 0 Å². The predicted molar refractivity (Wildman–Crippen MR) is 97.7 cm³/mol. The Morgan fingerprint density at radius 2 is 2.04 bits per heavy atom. The van der Waals surface area contributed by atoms with Crippen molar-refractivity contribution in [1.29, 1.82) is 0 Å². The third kappa shape index (κ3) is 3.50. The number of aryl methyl sites for hydroxylation is 2. The lowest BCUT2D eigenvalue weighted by Crippen LogP contribution is -2.32. The van der Waals surface area contributed by atoms with Gasteiger partial charge in [0, 0.05) is 35.8 Å². The number of nitrogens with zero attached hydrogens (tertiary/aromatic N) is 4. The van der Waals surface area contributed by atoms with Crippen molar-refractivity contribution < 1.29 is 4.39 Å². The second kappa shape index (κ2) is 7.06. The van der Waals surface area contributed by atoms with Crippen LogP contribution >= 0.6 is 11.3 Å². The van der Waals surface area contributed by atoms with Crippen molar-refractivity contribution in [3.8, 4) is 5.69 Å². The summed E-state index contributed by atoms with van der Waals surface area (Å²) in [4.78, 5) is 12.8. The van der Waals surface area contributed by atoms with Gasteiger partial charge < -0.3 is 4.57 Å². The highest BCUT2D eigenvalue weighted by Gasteiger charge is 2.21. The maximum atomic E-state index is 13.1. The lowest BCUT2D eigenvalue weighted by Gasteiger charge is -2.27. The number of aromatic nitrogens is 3. The fourth-order valence-corrected chi connectivity index (χ4v) is 4.23. The van der Waals surface area contributed by atoms with E-state index < -0.39 is 0 Å². The van der Waals surface area contributed by atoms with Gasteiger partial charge in [0.15, 0.2) is 0 Å². The number of rotatable bonds is 5. The molecule has 0 spiro atoms. The van der Waals surface area contributed by atoms with Crippen LogP contribution in [0.2, 0.25) is 0 Å². The Morgan fingerprint density at radius 1 is 1.20 bits per heavy atom. The first-order valence-electron chi connectivity index (χ1n) is 8.63. The number of hydrogen-bond acceptors (Lipinski definition) is 4. The molecule has 0 saturated heterocycles. The van der Waals surface area contributed by atoms with Crippen molar-refractivity contribution in [3.63, 3.8) is 0 Å². The number of thiazole rings is 1. The minimum absolute atomic E-state index is 0.208. The molecule has 4 rings (SSSR count). The fourth-order valence-electron chi connectivity index (χ4n) is 3.41. The highest BCUT2D eigenvalue weighted by atomic mass is 32.1. The predicted octanol–water partition coefficient (Wildman–Crippen LogP) is 3.77. The number of halogens is 1. The zero-order valence-corrected chi connectivity index (χ0v) is 15.1. The number of fused-ring (bicyclic) bond motifs is 1. The maximum absolute atomic E-state index is 13.1. The standard InChI is InChI=1S/C19H21FN4S/c1-14-19(25-13-22-14)3-2-9-23-10-8-18-17(11-23)21-12-24(18)16-6-4-15(20)5-7-16/h4-7,12-13H,2-3,8-11H2,1H3. The number of benzene rings is 1. The second-order valence-corrected chi connectivity index (χ2v) is 7.41. The lowest BCUT2D eigenvalue weighted by molar-refractivity contribution is 0.246. The Bertz CT molecular complexity index is 853. The smallest absolute Gasteiger partial charge is 0.123 e. The maximum Gasteiger partial charge on any atom is 0.123 e. The van der Waals surface area contributed by atoms with Crippen molar-refractivity contribution >= 4 is 11.3 Å². The SMILES string of the molecule is Cc1ncsc1CCCN1CCc2c(ncn2-c2ccc(F)cc2)C1. The van der Waals surface area contributed by atoms with Crippen LogP contribution in [0.3, 0.4) is 0 Å². The summed E-state index contributed by atoms with van der Waals surface area (Å²) in [5.74, 6) is -0.208. The normalized spacial score (nSPS) is 14.6. The van der Waals surface area contributed by atoms with Crippen LogP contribution in [0, 0.1) is 12.7 Å². The Balaban J connectivity index is 1.39. The summed E-state index contributed by atoms with van der Waals surface area (Å²) in [6, 6.07) is 6.61. The quantitative estimate of drug-likeness (QED) is 0.698. The van der Waals surface area contributed by atoms with Gasteiger partial charge in [-0.25, -0.2) is 14.4 Å². The Labute approximate surface area is 151 Å². The largest absolute Gasteiger partial charge is 0.303 e. The summed E-state index contributed by atoms with van der Waals surface area (Å²) in [5, 5.41) is 0. The molecule has 0 aliphatic carbocycles.